The second kappa shape index (κ2) is 6.54. The quantitative estimate of drug-likeness (QED) is 0.911. The van der Waals surface area contributed by atoms with Crippen LogP contribution in [0.3, 0.4) is 0 Å². The highest BCUT2D eigenvalue weighted by molar-refractivity contribution is 7.90. The molecule has 7 heteroatoms. The summed E-state index contributed by atoms with van der Waals surface area (Å²) in [6.07, 6.45) is 3.43. The molecule has 0 fully saturated rings. The molecule has 0 saturated carbocycles. The van der Waals surface area contributed by atoms with E-state index in [1.165, 1.54) is 13.2 Å². The zero-order valence-corrected chi connectivity index (χ0v) is 14.4. The minimum Gasteiger partial charge on any atom is -0.496 e. The van der Waals surface area contributed by atoms with Crippen molar-refractivity contribution in [3.05, 3.63) is 29.3 Å². The Labute approximate surface area is 136 Å². The molecule has 0 saturated heterocycles. The largest absolute Gasteiger partial charge is 0.496 e. The number of ether oxygens (including phenoxy) is 1. The summed E-state index contributed by atoms with van der Waals surface area (Å²) in [5.74, 6) is 0.408. The van der Waals surface area contributed by atoms with Gasteiger partial charge in [0.15, 0.2) is 9.84 Å². The number of hydrazone groups is 1. The Morgan fingerprint density at radius 3 is 2.70 bits per heavy atom. The number of carbonyl (C=O) groups excluding carboxylic acids is 1. The van der Waals surface area contributed by atoms with Crippen LogP contribution in [0.25, 0.3) is 6.08 Å². The predicted molar refractivity (Wildman–Crippen MR) is 89.1 cm³/mol. The fourth-order valence-electron chi connectivity index (χ4n) is 2.48. The topological polar surface area (TPSA) is 84.8 Å². The average Bonchev–Trinajstić information content (AvgIpc) is 2.46. The maximum absolute atomic E-state index is 11.6. The molecule has 23 heavy (non-hydrogen) atoms. The summed E-state index contributed by atoms with van der Waals surface area (Å²) in [6, 6.07) is 4.75. The van der Waals surface area contributed by atoms with Gasteiger partial charge in [0.05, 0.1) is 17.7 Å². The molecule has 1 unspecified atom stereocenters. The first kappa shape index (κ1) is 17.2. The van der Waals surface area contributed by atoms with Crippen LogP contribution in [0.2, 0.25) is 0 Å². The number of sulfone groups is 1. The van der Waals surface area contributed by atoms with Gasteiger partial charge >= 0.3 is 0 Å². The van der Waals surface area contributed by atoms with Gasteiger partial charge < -0.3 is 4.74 Å². The summed E-state index contributed by atoms with van der Waals surface area (Å²) in [5, 5.41) is 4.11. The third-order valence-electron chi connectivity index (χ3n) is 3.67. The third kappa shape index (κ3) is 3.98. The number of rotatable bonds is 4. The minimum absolute atomic E-state index is 0.0290. The van der Waals surface area contributed by atoms with Crippen LogP contribution in [-0.2, 0) is 14.6 Å². The molecule has 0 aliphatic carbocycles. The molecule has 1 aliphatic rings. The number of amides is 1. The molecule has 1 aliphatic heterocycles. The number of carbonyl (C=O) groups is 1. The molecule has 124 valence electrons. The molecule has 0 spiro atoms. The Hall–Kier alpha value is -2.15. The third-order valence-corrected chi connectivity index (χ3v) is 4.78. The highest BCUT2D eigenvalue weighted by atomic mass is 32.2. The van der Waals surface area contributed by atoms with Gasteiger partial charge in [-0.05, 0) is 36.8 Å². The lowest BCUT2D eigenvalue weighted by molar-refractivity contribution is -0.121. The van der Waals surface area contributed by atoms with Crippen molar-refractivity contribution in [3.8, 4) is 5.75 Å². The normalized spacial score (nSPS) is 19.1. The Morgan fingerprint density at radius 2 is 2.13 bits per heavy atom. The first-order valence-corrected chi connectivity index (χ1v) is 9.04. The predicted octanol–water partition coefficient (Wildman–Crippen LogP) is 2.01. The standard InChI is InChI=1S/C16H20N2O4S/c1-10(16-11(2)8-15(19)17-18-16)7-12-5-6-13(23(4,20)21)9-14(12)22-3/h5-7,9,11H,8H2,1-4H3,(H,17,19). The molecule has 0 bridgehead atoms. The number of methoxy groups -OCH3 is 1. The maximum Gasteiger partial charge on any atom is 0.240 e. The lowest BCUT2D eigenvalue weighted by Crippen LogP contribution is -2.31. The molecule has 1 heterocycles. The number of allylic oxidation sites excluding steroid dienone is 1. The van der Waals surface area contributed by atoms with Crippen LogP contribution in [0.4, 0.5) is 0 Å². The fourth-order valence-corrected chi connectivity index (χ4v) is 3.11. The van der Waals surface area contributed by atoms with E-state index in [0.717, 1.165) is 23.1 Å². The van der Waals surface area contributed by atoms with Crippen molar-refractivity contribution in [2.24, 2.45) is 11.0 Å². The molecule has 1 amide bonds. The van der Waals surface area contributed by atoms with E-state index in [-0.39, 0.29) is 16.7 Å². The molecule has 1 N–H and O–H groups in total. The first-order valence-electron chi connectivity index (χ1n) is 7.15. The van der Waals surface area contributed by atoms with Gasteiger partial charge in [0.1, 0.15) is 5.75 Å². The molecule has 1 aromatic rings. The number of benzene rings is 1. The lowest BCUT2D eigenvalue weighted by atomic mass is 9.93. The number of hydrogen-bond donors (Lipinski definition) is 1. The van der Waals surface area contributed by atoms with Crippen molar-refractivity contribution in [2.75, 3.05) is 13.4 Å². The van der Waals surface area contributed by atoms with Crippen LogP contribution in [-0.4, -0.2) is 33.4 Å². The Kier molecular flexibility index (Phi) is 4.89. The molecule has 6 nitrogen and oxygen atoms in total. The molecule has 1 atom stereocenters. The van der Waals surface area contributed by atoms with Crippen molar-refractivity contribution in [1.82, 2.24) is 5.43 Å². The van der Waals surface area contributed by atoms with Crippen LogP contribution < -0.4 is 10.2 Å². The molecular weight excluding hydrogens is 316 g/mol. The summed E-state index contributed by atoms with van der Waals surface area (Å²) in [5.41, 5.74) is 4.93. The average molecular weight is 336 g/mol. The first-order chi connectivity index (χ1) is 10.7. The minimum atomic E-state index is -3.29. The summed E-state index contributed by atoms with van der Waals surface area (Å²) < 4.78 is 28.5. The molecular formula is C16H20N2O4S. The van der Waals surface area contributed by atoms with E-state index in [9.17, 15) is 13.2 Å². The van der Waals surface area contributed by atoms with E-state index in [2.05, 4.69) is 10.5 Å². The number of nitrogens with zero attached hydrogens (tertiary/aromatic N) is 1. The van der Waals surface area contributed by atoms with Gasteiger partial charge in [0.25, 0.3) is 0 Å². The van der Waals surface area contributed by atoms with Crippen LogP contribution in [0, 0.1) is 5.92 Å². The van der Waals surface area contributed by atoms with Gasteiger partial charge in [-0.1, -0.05) is 6.92 Å². The van der Waals surface area contributed by atoms with Gasteiger partial charge in [-0.2, -0.15) is 5.10 Å². The van der Waals surface area contributed by atoms with Crippen LogP contribution in [0.5, 0.6) is 5.75 Å². The van der Waals surface area contributed by atoms with Crippen molar-refractivity contribution < 1.29 is 17.9 Å². The monoisotopic (exact) mass is 336 g/mol. The van der Waals surface area contributed by atoms with E-state index in [0.29, 0.717) is 12.2 Å². The van der Waals surface area contributed by atoms with Crippen LogP contribution in [0.15, 0.2) is 33.8 Å². The zero-order valence-electron chi connectivity index (χ0n) is 13.6. The highest BCUT2D eigenvalue weighted by Gasteiger charge is 2.21. The zero-order chi connectivity index (χ0) is 17.2. The molecule has 0 aromatic heterocycles. The second-order valence-electron chi connectivity index (χ2n) is 5.64. The number of hydrogen-bond acceptors (Lipinski definition) is 5. The Bertz CT molecular complexity index is 794. The fraction of sp³-hybridized carbons (Fsp3) is 0.375. The van der Waals surface area contributed by atoms with E-state index in [4.69, 9.17) is 4.74 Å². The van der Waals surface area contributed by atoms with E-state index in [1.54, 1.807) is 12.1 Å². The smallest absolute Gasteiger partial charge is 0.240 e. The summed E-state index contributed by atoms with van der Waals surface area (Å²) in [7, 11) is -1.79. The number of nitrogens with one attached hydrogen (secondary N) is 1. The van der Waals surface area contributed by atoms with E-state index < -0.39 is 9.84 Å². The molecule has 2 rings (SSSR count). The Balaban J connectivity index is 2.40. The van der Waals surface area contributed by atoms with Gasteiger partial charge in [-0.15, -0.1) is 0 Å². The second-order valence-corrected chi connectivity index (χ2v) is 7.66. The summed E-state index contributed by atoms with van der Waals surface area (Å²) in [4.78, 5) is 11.5. The van der Waals surface area contributed by atoms with Crippen molar-refractivity contribution in [2.45, 2.75) is 25.2 Å². The van der Waals surface area contributed by atoms with Gasteiger partial charge in [-0.3, -0.25) is 4.79 Å². The maximum atomic E-state index is 11.6. The molecule has 1 aromatic carbocycles. The van der Waals surface area contributed by atoms with Crippen molar-refractivity contribution in [3.63, 3.8) is 0 Å². The van der Waals surface area contributed by atoms with Gasteiger partial charge in [0.2, 0.25) is 5.91 Å². The SMILES string of the molecule is COc1cc(S(C)(=O)=O)ccc1C=C(C)C1=NNC(=O)CC1C. The highest BCUT2D eigenvalue weighted by Crippen LogP contribution is 2.26. The van der Waals surface area contributed by atoms with Gasteiger partial charge in [-0.25, -0.2) is 13.8 Å². The van der Waals surface area contributed by atoms with E-state index in [1.807, 2.05) is 19.9 Å². The summed E-state index contributed by atoms with van der Waals surface area (Å²) in [6.45, 7) is 3.84. The van der Waals surface area contributed by atoms with Crippen LogP contribution in [0.1, 0.15) is 25.8 Å². The van der Waals surface area contributed by atoms with Crippen LogP contribution >= 0.6 is 0 Å². The molecule has 0 radical (unpaired) electrons. The summed E-state index contributed by atoms with van der Waals surface area (Å²) >= 11 is 0. The lowest BCUT2D eigenvalue weighted by Gasteiger charge is -2.19. The van der Waals surface area contributed by atoms with Gasteiger partial charge in [0, 0.05) is 24.2 Å². The van der Waals surface area contributed by atoms with E-state index >= 15 is 0 Å². The van der Waals surface area contributed by atoms with Crippen molar-refractivity contribution in [1.29, 1.82) is 0 Å². The van der Waals surface area contributed by atoms with Crippen molar-refractivity contribution >= 4 is 27.5 Å². The Morgan fingerprint density at radius 1 is 1.43 bits per heavy atom.